The summed E-state index contributed by atoms with van der Waals surface area (Å²) in [6.45, 7) is 11.4. The second-order valence-electron chi connectivity index (χ2n) is 12.7. The zero-order valence-electron chi connectivity index (χ0n) is 27.2. The number of nitrogen functional groups attached to an aromatic ring is 1. The standard InChI is InChI=1S/C32H40N7O7P/c1-7-42-27-24-26(36-30(34)37-27)39(18-35-24)29-32(6,16-33)25(40)23(45-29)15-44-47(38-19(2)28(41)43-17-31(3,4)5)46-22-14-10-12-20-11-8-9-13-21(20)22/h8-14,18-19,23,25,29,38,40H,7,15,17H2,1-6H3,(H2,34,36,37)/t19-,23+,25+,29+,32+,47?/m0/s1. The number of ether oxygens (including phenoxy) is 3. The van der Waals surface area contributed by atoms with Crippen LogP contribution in [0.15, 0.2) is 48.8 Å². The molecule has 0 bridgehead atoms. The van der Waals surface area contributed by atoms with Gasteiger partial charge in [0.25, 0.3) is 0 Å². The number of aliphatic hydroxyl groups excluding tert-OH is 1. The van der Waals surface area contributed by atoms with Crippen molar-refractivity contribution < 1.29 is 33.2 Å². The molecule has 15 heteroatoms. The summed E-state index contributed by atoms with van der Waals surface area (Å²) in [5.74, 6) is 0.226. The molecule has 5 rings (SSSR count). The van der Waals surface area contributed by atoms with Crippen LogP contribution >= 0.6 is 8.53 Å². The number of nitrogens with two attached hydrogens (primary N) is 1. The first kappa shape index (κ1) is 34.2. The van der Waals surface area contributed by atoms with Crippen LogP contribution in [0, 0.1) is 22.2 Å². The molecular weight excluding hydrogens is 625 g/mol. The molecular formula is C32H40N7O7P. The Kier molecular flexibility index (Phi) is 10.1. The molecule has 1 saturated heterocycles. The van der Waals surface area contributed by atoms with E-state index in [4.69, 9.17) is 29.0 Å². The van der Waals surface area contributed by atoms with Crippen LogP contribution in [0.5, 0.6) is 11.6 Å². The van der Waals surface area contributed by atoms with Crippen molar-refractivity contribution in [3.8, 4) is 17.7 Å². The molecule has 1 aliphatic rings. The van der Waals surface area contributed by atoms with Gasteiger partial charge in [-0.3, -0.25) is 9.36 Å². The van der Waals surface area contributed by atoms with Gasteiger partial charge in [-0.1, -0.05) is 57.2 Å². The number of aromatic nitrogens is 4. The van der Waals surface area contributed by atoms with E-state index >= 15 is 0 Å². The average Bonchev–Trinajstić information content (AvgIpc) is 3.56. The predicted molar refractivity (Wildman–Crippen MR) is 175 cm³/mol. The first-order valence-corrected chi connectivity index (χ1v) is 16.4. The minimum Gasteiger partial charge on any atom is -0.476 e. The molecule has 250 valence electrons. The lowest BCUT2D eigenvalue weighted by atomic mass is 9.84. The number of carbonyl (C=O) groups is 1. The van der Waals surface area contributed by atoms with Gasteiger partial charge in [0.1, 0.15) is 29.4 Å². The summed E-state index contributed by atoms with van der Waals surface area (Å²) < 4.78 is 31.5. The van der Waals surface area contributed by atoms with Crippen LogP contribution in [0.2, 0.25) is 0 Å². The monoisotopic (exact) mass is 665 g/mol. The highest BCUT2D eigenvalue weighted by Crippen LogP contribution is 2.48. The number of carbonyl (C=O) groups excluding carboxylic acids is 1. The quantitative estimate of drug-likeness (QED) is 0.140. The molecule has 0 amide bonds. The highest BCUT2D eigenvalue weighted by atomic mass is 31.2. The molecule has 1 aliphatic heterocycles. The normalized spacial score (nSPS) is 22.6. The second kappa shape index (κ2) is 13.9. The minimum atomic E-state index is -1.99. The maximum Gasteiger partial charge on any atom is 0.323 e. The second-order valence-corrected chi connectivity index (χ2v) is 13.9. The predicted octanol–water partition coefficient (Wildman–Crippen LogP) is 4.64. The van der Waals surface area contributed by atoms with Crippen molar-refractivity contribution in [3.63, 3.8) is 0 Å². The molecule has 0 radical (unpaired) electrons. The summed E-state index contributed by atoms with van der Waals surface area (Å²) >= 11 is 0. The van der Waals surface area contributed by atoms with E-state index in [1.165, 1.54) is 10.9 Å². The molecule has 47 heavy (non-hydrogen) atoms. The van der Waals surface area contributed by atoms with E-state index in [9.17, 15) is 15.2 Å². The summed E-state index contributed by atoms with van der Waals surface area (Å²) in [6, 6.07) is 14.8. The van der Waals surface area contributed by atoms with Gasteiger partial charge in [-0.25, -0.2) is 10.1 Å². The Hall–Kier alpha value is -4.12. The number of imidazole rings is 1. The van der Waals surface area contributed by atoms with Crippen molar-refractivity contribution in [2.75, 3.05) is 25.6 Å². The van der Waals surface area contributed by atoms with E-state index < -0.39 is 44.4 Å². The lowest BCUT2D eigenvalue weighted by molar-refractivity contribution is -0.148. The van der Waals surface area contributed by atoms with Gasteiger partial charge in [0.2, 0.25) is 11.8 Å². The highest BCUT2D eigenvalue weighted by Gasteiger charge is 2.55. The zero-order chi connectivity index (χ0) is 33.9. The fraction of sp³-hybridized carbons (Fsp3) is 0.469. The van der Waals surface area contributed by atoms with Gasteiger partial charge in [-0.2, -0.15) is 15.2 Å². The van der Waals surface area contributed by atoms with Crippen molar-refractivity contribution >= 4 is 42.4 Å². The number of nitrogens with zero attached hydrogens (tertiary/aromatic N) is 5. The number of hydrogen-bond donors (Lipinski definition) is 3. The lowest BCUT2D eigenvalue weighted by Gasteiger charge is -2.26. The molecule has 0 aliphatic carbocycles. The minimum absolute atomic E-state index is 0.0442. The van der Waals surface area contributed by atoms with Crippen LogP contribution in [-0.4, -0.2) is 68.7 Å². The SMILES string of the molecule is CCOc1nc(N)nc2c1ncn2[C@@H]1O[C@H](COP(N[C@@H](C)C(=O)OCC(C)(C)C)Oc2cccc3ccccc23)[C@@H](O)[C@@]1(C)C#N. The van der Waals surface area contributed by atoms with Gasteiger partial charge >= 0.3 is 14.5 Å². The fourth-order valence-corrected chi connectivity index (χ4v) is 6.28. The average molecular weight is 666 g/mol. The molecule has 4 N–H and O–H groups in total. The molecule has 1 unspecified atom stereocenters. The Bertz CT molecular complexity index is 1770. The fourth-order valence-electron chi connectivity index (χ4n) is 5.05. The number of esters is 1. The van der Waals surface area contributed by atoms with Crippen molar-refractivity contribution in [2.45, 2.75) is 66.0 Å². The molecule has 0 saturated carbocycles. The van der Waals surface area contributed by atoms with Gasteiger partial charge in [0.05, 0.1) is 32.2 Å². The molecule has 0 spiro atoms. The molecule has 3 heterocycles. The smallest absolute Gasteiger partial charge is 0.323 e. The lowest BCUT2D eigenvalue weighted by Crippen LogP contribution is -2.38. The van der Waals surface area contributed by atoms with E-state index in [0.29, 0.717) is 17.9 Å². The van der Waals surface area contributed by atoms with Crippen LogP contribution in [0.4, 0.5) is 5.95 Å². The van der Waals surface area contributed by atoms with Crippen LogP contribution < -0.4 is 20.1 Å². The van der Waals surface area contributed by atoms with E-state index in [2.05, 4.69) is 26.1 Å². The number of anilines is 1. The first-order valence-electron chi connectivity index (χ1n) is 15.2. The number of nitriles is 1. The summed E-state index contributed by atoms with van der Waals surface area (Å²) in [6.07, 6.45) is -1.84. The maximum atomic E-state index is 12.9. The third-order valence-electron chi connectivity index (χ3n) is 7.55. The molecule has 1 fully saturated rings. The topological polar surface area (TPSA) is 189 Å². The van der Waals surface area contributed by atoms with Crippen molar-refractivity contribution in [2.24, 2.45) is 10.8 Å². The third kappa shape index (κ3) is 7.40. The molecule has 6 atom stereocenters. The molecule has 14 nitrogen and oxygen atoms in total. The van der Waals surface area contributed by atoms with E-state index in [-0.39, 0.29) is 36.1 Å². The number of aliphatic hydroxyl groups is 1. The van der Waals surface area contributed by atoms with Crippen molar-refractivity contribution in [1.29, 1.82) is 5.26 Å². The van der Waals surface area contributed by atoms with Crippen LogP contribution in [0.25, 0.3) is 21.9 Å². The third-order valence-corrected chi connectivity index (χ3v) is 8.90. The summed E-state index contributed by atoms with van der Waals surface area (Å²) in [5, 5.41) is 26.6. The van der Waals surface area contributed by atoms with Gasteiger partial charge in [0.15, 0.2) is 17.4 Å². The Balaban J connectivity index is 1.39. The maximum absolute atomic E-state index is 12.9. The Labute approximate surface area is 274 Å². The van der Waals surface area contributed by atoms with Gasteiger partial charge in [-0.05, 0) is 37.6 Å². The molecule has 2 aromatic carbocycles. The van der Waals surface area contributed by atoms with Gasteiger partial charge in [-0.15, -0.1) is 0 Å². The zero-order valence-corrected chi connectivity index (χ0v) is 28.1. The Morgan fingerprint density at radius 2 is 2.00 bits per heavy atom. The Morgan fingerprint density at radius 1 is 1.26 bits per heavy atom. The van der Waals surface area contributed by atoms with E-state index in [0.717, 1.165) is 10.8 Å². The van der Waals surface area contributed by atoms with Crippen molar-refractivity contribution in [1.82, 2.24) is 24.6 Å². The number of benzene rings is 2. The summed E-state index contributed by atoms with van der Waals surface area (Å²) in [4.78, 5) is 25.7. The number of nitrogens with one attached hydrogen (secondary N) is 1. The largest absolute Gasteiger partial charge is 0.476 e. The van der Waals surface area contributed by atoms with E-state index in [1.807, 2.05) is 63.2 Å². The highest BCUT2D eigenvalue weighted by molar-refractivity contribution is 7.45. The molecule has 4 aromatic rings. The van der Waals surface area contributed by atoms with Gasteiger partial charge < -0.3 is 34.1 Å². The van der Waals surface area contributed by atoms with Gasteiger partial charge in [0, 0.05) is 5.39 Å². The Morgan fingerprint density at radius 3 is 2.72 bits per heavy atom. The van der Waals surface area contributed by atoms with Crippen LogP contribution in [-0.2, 0) is 18.8 Å². The van der Waals surface area contributed by atoms with Crippen LogP contribution in [0.3, 0.4) is 0 Å². The van der Waals surface area contributed by atoms with E-state index in [1.54, 1.807) is 20.8 Å². The number of rotatable bonds is 12. The summed E-state index contributed by atoms with van der Waals surface area (Å²) in [5.41, 5.74) is 4.92. The van der Waals surface area contributed by atoms with Crippen LogP contribution in [0.1, 0.15) is 47.8 Å². The molecule has 2 aromatic heterocycles. The van der Waals surface area contributed by atoms with Crippen molar-refractivity contribution in [3.05, 3.63) is 48.8 Å². The number of hydrogen-bond acceptors (Lipinski definition) is 13. The number of fused-ring (bicyclic) bond motifs is 2. The summed E-state index contributed by atoms with van der Waals surface area (Å²) in [7, 11) is -1.99. The first-order chi connectivity index (χ1) is 22.3.